The molecule has 114 valence electrons. The molecule has 1 nitrogen and oxygen atoms in total. The second-order valence-electron chi connectivity index (χ2n) is 6.15. The Hall–Kier alpha value is -1.41. The van der Waals surface area contributed by atoms with Crippen molar-refractivity contribution < 1.29 is 4.21 Å². The van der Waals surface area contributed by atoms with Crippen LogP contribution in [0.5, 0.6) is 0 Å². The van der Waals surface area contributed by atoms with Crippen LogP contribution in [-0.4, -0.2) is 8.96 Å². The van der Waals surface area contributed by atoms with Crippen LogP contribution in [0.4, 0.5) is 0 Å². The van der Waals surface area contributed by atoms with Crippen molar-refractivity contribution >= 4 is 9.93 Å². The fourth-order valence-corrected chi connectivity index (χ4v) is 6.84. The third-order valence-corrected chi connectivity index (χ3v) is 9.24. The van der Waals surface area contributed by atoms with E-state index in [0.717, 1.165) is 16.2 Å². The largest absolute Gasteiger partial charge is 0.275 e. The van der Waals surface area contributed by atoms with Crippen molar-refractivity contribution in [1.29, 1.82) is 0 Å². The first-order valence-electron chi connectivity index (χ1n) is 7.68. The minimum atomic E-state index is -2.70. The zero-order chi connectivity index (χ0) is 15.5. The molecule has 0 saturated carbocycles. The predicted octanol–water partition coefficient (Wildman–Crippen LogP) is 4.95. The van der Waals surface area contributed by atoms with Crippen LogP contribution in [-0.2, 0) is 9.93 Å². The van der Waals surface area contributed by atoms with E-state index in [1.807, 2.05) is 60.7 Å². The van der Waals surface area contributed by atoms with Gasteiger partial charge in [-0.05, 0) is 43.5 Å². The van der Waals surface area contributed by atoms with Crippen LogP contribution in [0.15, 0.2) is 70.5 Å². The maximum atomic E-state index is 14.3. The van der Waals surface area contributed by atoms with Crippen molar-refractivity contribution in [2.45, 2.75) is 48.7 Å². The second kappa shape index (κ2) is 6.15. The monoisotopic (exact) mass is 302 g/mol. The Balaban J connectivity index is 2.75. The molecule has 0 aromatic heterocycles. The maximum absolute atomic E-state index is 14.3. The Bertz CT molecular complexity index is 575. The highest BCUT2D eigenvalue weighted by molar-refractivity contribution is 8.04. The van der Waals surface area contributed by atoms with Gasteiger partial charge in [-0.2, -0.15) is 0 Å². The number of hydrogen-bond donors (Lipinski definition) is 1. The summed E-state index contributed by atoms with van der Waals surface area (Å²) in [5, 5.41) is 0. The van der Waals surface area contributed by atoms with Crippen LogP contribution in [0, 0.1) is 5.92 Å². The number of thiol groups is 1. The molecular weight excluding hydrogens is 276 g/mol. The van der Waals surface area contributed by atoms with Gasteiger partial charge in [0, 0.05) is 14.5 Å². The van der Waals surface area contributed by atoms with Crippen molar-refractivity contribution in [3.05, 3.63) is 60.7 Å². The van der Waals surface area contributed by atoms with Crippen LogP contribution in [0.2, 0.25) is 0 Å². The van der Waals surface area contributed by atoms with Gasteiger partial charge in [-0.3, -0.25) is 4.21 Å². The molecule has 2 heteroatoms. The lowest BCUT2D eigenvalue weighted by molar-refractivity contribution is 0.430. The standard InChI is InChI=1S/C19H26OS/c1-5-19(4,16(2)3)21(20,17-12-8-6-9-13-17)18-14-10-7-11-15-18/h6-16,21H,5H2,1-4H3. The van der Waals surface area contributed by atoms with Gasteiger partial charge in [0.15, 0.2) is 0 Å². The lowest BCUT2D eigenvalue weighted by atomic mass is 9.94. The Kier molecular flexibility index (Phi) is 4.67. The van der Waals surface area contributed by atoms with E-state index < -0.39 is 9.93 Å². The fraction of sp³-hybridized carbons (Fsp3) is 0.368. The third kappa shape index (κ3) is 2.57. The summed E-state index contributed by atoms with van der Waals surface area (Å²) >= 11 is 0. The molecule has 0 heterocycles. The number of benzene rings is 2. The Morgan fingerprint density at radius 2 is 1.29 bits per heavy atom. The van der Waals surface area contributed by atoms with E-state index in [1.54, 1.807) is 0 Å². The van der Waals surface area contributed by atoms with E-state index in [-0.39, 0.29) is 4.75 Å². The van der Waals surface area contributed by atoms with Crippen LogP contribution in [0.1, 0.15) is 34.1 Å². The summed E-state index contributed by atoms with van der Waals surface area (Å²) in [6.07, 6.45) is 0.895. The minimum absolute atomic E-state index is 0.240. The second-order valence-corrected chi connectivity index (χ2v) is 9.42. The van der Waals surface area contributed by atoms with Crippen LogP contribution in [0.25, 0.3) is 0 Å². The first-order valence-corrected chi connectivity index (χ1v) is 9.39. The molecule has 0 saturated heterocycles. The minimum Gasteiger partial charge on any atom is -0.275 e. The molecule has 2 aromatic carbocycles. The highest BCUT2D eigenvalue weighted by Gasteiger charge is 2.42. The number of hydrogen-bond acceptors (Lipinski definition) is 1. The first-order chi connectivity index (χ1) is 9.96. The first kappa shape index (κ1) is 16.0. The van der Waals surface area contributed by atoms with E-state index >= 15 is 0 Å². The molecule has 2 rings (SSSR count). The van der Waals surface area contributed by atoms with E-state index in [4.69, 9.17) is 0 Å². The van der Waals surface area contributed by atoms with Crippen molar-refractivity contribution in [2.24, 2.45) is 5.92 Å². The quantitative estimate of drug-likeness (QED) is 0.774. The molecule has 1 atom stereocenters. The molecule has 0 amide bonds. The Labute approximate surface area is 129 Å². The van der Waals surface area contributed by atoms with Gasteiger partial charge in [0.05, 0.1) is 0 Å². The lowest BCUT2D eigenvalue weighted by Crippen LogP contribution is -2.45. The molecule has 0 aliphatic rings. The zero-order valence-electron chi connectivity index (χ0n) is 13.4. The van der Waals surface area contributed by atoms with Gasteiger partial charge < -0.3 is 0 Å². The molecule has 1 unspecified atom stereocenters. The summed E-state index contributed by atoms with van der Waals surface area (Å²) in [5.74, 6) is 0.341. The molecule has 0 radical (unpaired) electrons. The molecule has 0 aliphatic carbocycles. The molecule has 0 spiro atoms. The zero-order valence-corrected chi connectivity index (χ0v) is 14.3. The molecular formula is C19H26OS. The summed E-state index contributed by atoms with van der Waals surface area (Å²) in [6, 6.07) is 20.0. The van der Waals surface area contributed by atoms with Crippen molar-refractivity contribution in [1.82, 2.24) is 0 Å². The van der Waals surface area contributed by atoms with Gasteiger partial charge in [0.2, 0.25) is 0 Å². The summed E-state index contributed by atoms with van der Waals surface area (Å²) < 4.78 is 14.1. The van der Waals surface area contributed by atoms with Crippen LogP contribution < -0.4 is 0 Å². The van der Waals surface area contributed by atoms with Gasteiger partial charge in [-0.1, -0.05) is 67.1 Å². The fourth-order valence-electron chi connectivity index (χ4n) is 3.01. The predicted molar refractivity (Wildman–Crippen MR) is 92.5 cm³/mol. The summed E-state index contributed by atoms with van der Waals surface area (Å²) in [6.45, 7) is 8.70. The van der Waals surface area contributed by atoms with Gasteiger partial charge in [-0.25, -0.2) is 0 Å². The van der Waals surface area contributed by atoms with Crippen molar-refractivity contribution in [3.8, 4) is 0 Å². The maximum Gasteiger partial charge on any atom is 0.0309 e. The average molecular weight is 302 g/mol. The van der Waals surface area contributed by atoms with E-state index in [0.29, 0.717) is 5.92 Å². The van der Waals surface area contributed by atoms with E-state index in [2.05, 4.69) is 27.7 Å². The molecule has 21 heavy (non-hydrogen) atoms. The summed E-state index contributed by atoms with van der Waals surface area (Å²) in [4.78, 5) is 1.93. The highest BCUT2D eigenvalue weighted by Crippen LogP contribution is 2.45. The normalized spacial score (nSPS) is 15.7. The average Bonchev–Trinajstić information content (AvgIpc) is 2.54. The van der Waals surface area contributed by atoms with E-state index in [9.17, 15) is 4.21 Å². The van der Waals surface area contributed by atoms with Crippen molar-refractivity contribution in [2.75, 3.05) is 0 Å². The van der Waals surface area contributed by atoms with Crippen LogP contribution >= 0.6 is 0 Å². The smallest absolute Gasteiger partial charge is 0.0309 e. The van der Waals surface area contributed by atoms with Gasteiger partial charge in [0.1, 0.15) is 0 Å². The third-order valence-electron chi connectivity index (χ3n) is 4.92. The molecule has 0 N–H and O–H groups in total. The number of rotatable bonds is 5. The Morgan fingerprint density at radius 3 is 1.57 bits per heavy atom. The highest BCUT2D eigenvalue weighted by atomic mass is 32.2. The summed E-state index contributed by atoms with van der Waals surface area (Å²) in [7, 11) is -2.70. The lowest BCUT2D eigenvalue weighted by Gasteiger charge is -2.45. The topological polar surface area (TPSA) is 17.1 Å². The summed E-state index contributed by atoms with van der Waals surface area (Å²) in [5.41, 5.74) is 0. The van der Waals surface area contributed by atoms with Gasteiger partial charge in [0.25, 0.3) is 0 Å². The van der Waals surface area contributed by atoms with Crippen LogP contribution in [0.3, 0.4) is 0 Å². The van der Waals surface area contributed by atoms with Gasteiger partial charge in [-0.15, -0.1) is 0 Å². The van der Waals surface area contributed by atoms with Crippen molar-refractivity contribution in [3.63, 3.8) is 0 Å². The molecule has 0 fully saturated rings. The molecule has 0 bridgehead atoms. The molecule has 2 aromatic rings. The Morgan fingerprint density at radius 1 is 0.905 bits per heavy atom. The molecule has 0 aliphatic heterocycles. The van der Waals surface area contributed by atoms with E-state index in [1.165, 1.54) is 0 Å². The SMILES string of the molecule is CCC(C)(C(C)C)[SH](=O)(c1ccccc1)c1ccccc1. The van der Waals surface area contributed by atoms with Gasteiger partial charge >= 0.3 is 0 Å².